The van der Waals surface area contributed by atoms with E-state index in [-0.39, 0.29) is 11.7 Å². The molecular weight excluding hydrogens is 545 g/mol. The number of rotatable bonds is 7. The Kier molecular flexibility index (Phi) is 7.82. The fraction of sp³-hybridized carbons (Fsp3) is 0.0435. The summed E-state index contributed by atoms with van der Waals surface area (Å²) in [5.41, 5.74) is 5.07. The van der Waals surface area contributed by atoms with Crippen LogP contribution in [0.4, 0.5) is 0 Å². The van der Waals surface area contributed by atoms with Gasteiger partial charge in [-0.05, 0) is 54.6 Å². The van der Waals surface area contributed by atoms with E-state index in [2.05, 4.69) is 36.7 Å². The van der Waals surface area contributed by atoms with E-state index in [0.29, 0.717) is 21.0 Å². The van der Waals surface area contributed by atoms with Gasteiger partial charge in [-0.25, -0.2) is 5.43 Å². The van der Waals surface area contributed by atoms with Gasteiger partial charge in [0.05, 0.1) is 12.0 Å². The Morgan fingerprint density at radius 3 is 2.36 bits per heavy atom. The summed E-state index contributed by atoms with van der Waals surface area (Å²) in [7, 11) is 0. The van der Waals surface area contributed by atoms with E-state index in [1.54, 1.807) is 30.5 Å². The minimum absolute atomic E-state index is 0.111. The Bertz CT molecular complexity index is 1290. The smallest absolute Gasteiger partial charge is 0.250 e. The van der Waals surface area contributed by atoms with Crippen molar-refractivity contribution in [2.24, 2.45) is 5.10 Å². The molecule has 1 amide bonds. The second-order valence-electron chi connectivity index (χ2n) is 6.73. The van der Waals surface area contributed by atoms with Gasteiger partial charge in [-0.1, -0.05) is 69.1 Å². The SMILES string of the molecule is O=C(CSc1nnc(-c2ccc(Cl)cc2)n1-c1ccc(Cl)cc1)N/N=C/c1ccccc1Br. The number of aromatic nitrogens is 3. The molecule has 0 aliphatic heterocycles. The maximum atomic E-state index is 12.4. The minimum Gasteiger partial charge on any atom is -0.272 e. The van der Waals surface area contributed by atoms with Crippen molar-refractivity contribution in [1.29, 1.82) is 0 Å². The number of amides is 1. The molecule has 3 aromatic carbocycles. The lowest BCUT2D eigenvalue weighted by atomic mass is 10.2. The number of benzene rings is 3. The fourth-order valence-corrected chi connectivity index (χ4v) is 4.27. The van der Waals surface area contributed by atoms with Gasteiger partial charge < -0.3 is 0 Å². The summed E-state index contributed by atoms with van der Waals surface area (Å²) in [6.07, 6.45) is 1.58. The van der Waals surface area contributed by atoms with E-state index < -0.39 is 0 Å². The number of thioether (sulfide) groups is 1. The largest absolute Gasteiger partial charge is 0.272 e. The molecule has 0 unspecified atom stereocenters. The van der Waals surface area contributed by atoms with Gasteiger partial charge in [0.15, 0.2) is 11.0 Å². The van der Waals surface area contributed by atoms with Gasteiger partial charge in [-0.3, -0.25) is 9.36 Å². The molecular formula is C23H16BrCl2N5OS. The Balaban J connectivity index is 1.52. The molecule has 0 spiro atoms. The lowest BCUT2D eigenvalue weighted by Crippen LogP contribution is -2.20. The summed E-state index contributed by atoms with van der Waals surface area (Å²) in [6, 6.07) is 22.3. The predicted molar refractivity (Wildman–Crippen MR) is 137 cm³/mol. The third-order valence-corrected chi connectivity index (χ3v) is 6.61. The number of hydrogen-bond acceptors (Lipinski definition) is 5. The second-order valence-corrected chi connectivity index (χ2v) is 9.40. The zero-order valence-corrected chi connectivity index (χ0v) is 20.9. The average molecular weight is 561 g/mol. The number of hydrogen-bond donors (Lipinski definition) is 1. The number of carbonyl (C=O) groups excluding carboxylic acids is 1. The van der Waals surface area contributed by atoms with Crippen molar-refractivity contribution in [2.45, 2.75) is 5.16 Å². The summed E-state index contributed by atoms with van der Waals surface area (Å²) < 4.78 is 2.77. The molecule has 0 radical (unpaired) electrons. The molecule has 166 valence electrons. The maximum Gasteiger partial charge on any atom is 0.250 e. The average Bonchev–Trinajstić information content (AvgIpc) is 3.24. The Labute approximate surface area is 213 Å². The first-order chi connectivity index (χ1) is 16.0. The van der Waals surface area contributed by atoms with Crippen molar-refractivity contribution in [2.75, 3.05) is 5.75 Å². The summed E-state index contributed by atoms with van der Waals surface area (Å²) in [5, 5.41) is 14.5. The number of nitrogens with zero attached hydrogens (tertiary/aromatic N) is 4. The van der Waals surface area contributed by atoms with Crippen LogP contribution in [0.1, 0.15) is 5.56 Å². The molecule has 0 atom stereocenters. The summed E-state index contributed by atoms with van der Waals surface area (Å²) >= 11 is 16.8. The maximum absolute atomic E-state index is 12.4. The van der Waals surface area contributed by atoms with E-state index in [9.17, 15) is 4.79 Å². The van der Waals surface area contributed by atoms with Crippen molar-refractivity contribution in [3.63, 3.8) is 0 Å². The Hall–Kier alpha value is -2.65. The molecule has 1 N–H and O–H groups in total. The molecule has 0 saturated carbocycles. The van der Waals surface area contributed by atoms with Gasteiger partial charge in [0, 0.05) is 31.3 Å². The van der Waals surface area contributed by atoms with Crippen LogP contribution in [0.2, 0.25) is 10.0 Å². The van der Waals surface area contributed by atoms with Crippen molar-refractivity contribution in [3.05, 3.63) is 92.9 Å². The zero-order valence-electron chi connectivity index (χ0n) is 17.0. The van der Waals surface area contributed by atoms with Crippen LogP contribution in [-0.2, 0) is 4.79 Å². The molecule has 10 heteroatoms. The molecule has 0 aliphatic carbocycles. The summed E-state index contributed by atoms with van der Waals surface area (Å²) in [6.45, 7) is 0. The summed E-state index contributed by atoms with van der Waals surface area (Å²) in [5.74, 6) is 0.477. The quantitative estimate of drug-likeness (QED) is 0.165. The third-order valence-electron chi connectivity index (χ3n) is 4.45. The molecule has 1 heterocycles. The van der Waals surface area contributed by atoms with Crippen molar-refractivity contribution in [1.82, 2.24) is 20.2 Å². The van der Waals surface area contributed by atoms with Crippen LogP contribution in [0.5, 0.6) is 0 Å². The molecule has 0 aliphatic rings. The van der Waals surface area contributed by atoms with Gasteiger partial charge in [-0.2, -0.15) is 5.10 Å². The minimum atomic E-state index is -0.262. The van der Waals surface area contributed by atoms with Crippen molar-refractivity contribution >= 4 is 63.0 Å². The molecule has 0 saturated heterocycles. The molecule has 1 aromatic heterocycles. The van der Waals surface area contributed by atoms with E-state index in [0.717, 1.165) is 21.3 Å². The summed E-state index contributed by atoms with van der Waals surface area (Å²) in [4.78, 5) is 12.4. The fourth-order valence-electron chi connectivity index (χ4n) is 2.89. The normalized spacial score (nSPS) is 11.1. The third kappa shape index (κ3) is 6.03. The predicted octanol–water partition coefficient (Wildman–Crippen LogP) is 6.25. The Morgan fingerprint density at radius 1 is 1.00 bits per heavy atom. The Morgan fingerprint density at radius 2 is 1.67 bits per heavy atom. The van der Waals surface area contributed by atoms with Crippen molar-refractivity contribution < 1.29 is 4.79 Å². The number of carbonyl (C=O) groups is 1. The number of hydrazone groups is 1. The molecule has 0 bridgehead atoms. The zero-order chi connectivity index (χ0) is 23.2. The van der Waals surface area contributed by atoms with Crippen LogP contribution in [0.3, 0.4) is 0 Å². The molecule has 0 fully saturated rings. The van der Waals surface area contributed by atoms with Crippen molar-refractivity contribution in [3.8, 4) is 17.1 Å². The lowest BCUT2D eigenvalue weighted by molar-refractivity contribution is -0.118. The van der Waals surface area contributed by atoms with Gasteiger partial charge in [0.1, 0.15) is 0 Å². The van der Waals surface area contributed by atoms with Crippen LogP contribution in [0.15, 0.2) is 87.5 Å². The molecule has 4 rings (SSSR count). The topological polar surface area (TPSA) is 72.2 Å². The second kappa shape index (κ2) is 11.0. The highest BCUT2D eigenvalue weighted by molar-refractivity contribution is 9.10. The first kappa shape index (κ1) is 23.5. The monoisotopic (exact) mass is 559 g/mol. The number of nitrogens with one attached hydrogen (secondary N) is 1. The van der Waals surface area contributed by atoms with E-state index in [1.807, 2.05) is 53.1 Å². The van der Waals surface area contributed by atoms with Gasteiger partial charge in [0.25, 0.3) is 5.91 Å². The van der Waals surface area contributed by atoms with E-state index >= 15 is 0 Å². The van der Waals surface area contributed by atoms with Crippen LogP contribution in [0.25, 0.3) is 17.1 Å². The molecule has 6 nitrogen and oxygen atoms in total. The number of halogens is 3. The van der Waals surface area contributed by atoms with Gasteiger partial charge in [-0.15, -0.1) is 10.2 Å². The van der Waals surface area contributed by atoms with E-state index in [4.69, 9.17) is 23.2 Å². The van der Waals surface area contributed by atoms with E-state index in [1.165, 1.54) is 11.8 Å². The first-order valence-electron chi connectivity index (χ1n) is 9.68. The van der Waals surface area contributed by atoms with Crippen LogP contribution >= 0.6 is 50.9 Å². The van der Waals surface area contributed by atoms with Crippen LogP contribution in [-0.4, -0.2) is 32.6 Å². The molecule has 4 aromatic rings. The van der Waals surface area contributed by atoms with Crippen LogP contribution in [0, 0.1) is 0 Å². The lowest BCUT2D eigenvalue weighted by Gasteiger charge is -2.10. The van der Waals surface area contributed by atoms with Gasteiger partial charge >= 0.3 is 0 Å². The highest BCUT2D eigenvalue weighted by atomic mass is 79.9. The molecule has 33 heavy (non-hydrogen) atoms. The highest BCUT2D eigenvalue weighted by Crippen LogP contribution is 2.29. The standard InChI is InChI=1S/C23H16BrCl2N5OS/c24-20-4-2-1-3-16(20)13-27-28-21(32)14-33-23-30-29-22(15-5-7-17(25)8-6-15)31(23)19-11-9-18(26)10-12-19/h1-13H,14H2,(H,28,32)/b27-13+. The highest BCUT2D eigenvalue weighted by Gasteiger charge is 2.17. The van der Waals surface area contributed by atoms with Crippen LogP contribution < -0.4 is 5.43 Å². The first-order valence-corrected chi connectivity index (χ1v) is 12.2. The van der Waals surface area contributed by atoms with Gasteiger partial charge in [0.2, 0.25) is 0 Å².